The fourth-order valence-corrected chi connectivity index (χ4v) is 3.35. The summed E-state index contributed by atoms with van der Waals surface area (Å²) in [6.07, 6.45) is 21.8. The van der Waals surface area contributed by atoms with Gasteiger partial charge in [-0.25, -0.2) is 0 Å². The molecule has 0 aliphatic rings. The van der Waals surface area contributed by atoms with Gasteiger partial charge >= 0.3 is 0 Å². The maximum atomic E-state index is 11.8. The summed E-state index contributed by atoms with van der Waals surface area (Å²) < 4.78 is 0. The molecule has 0 rings (SSSR count). The molecule has 0 aromatic heterocycles. The molecule has 3 N–H and O–H groups in total. The zero-order valence-electron chi connectivity index (χ0n) is 18.6. The van der Waals surface area contributed by atoms with Crippen LogP contribution in [0.1, 0.15) is 117 Å². The van der Waals surface area contributed by atoms with Gasteiger partial charge in [-0.1, -0.05) is 103 Å². The fourth-order valence-electron chi connectivity index (χ4n) is 3.35. The van der Waals surface area contributed by atoms with Crippen molar-refractivity contribution in [1.29, 1.82) is 0 Å². The van der Waals surface area contributed by atoms with Crippen molar-refractivity contribution in [3.8, 4) is 0 Å². The van der Waals surface area contributed by atoms with Gasteiger partial charge in [0.25, 0.3) is 0 Å². The largest absolute Gasteiger partial charge is 0.394 e. The van der Waals surface area contributed by atoms with E-state index in [9.17, 15) is 15.0 Å². The SMILES string of the molecule is CCCCCCCCCCCCC/C=C\[C@@H](O)[C@H](CO)NC(=O)CCCCC. The number of amides is 1. The van der Waals surface area contributed by atoms with Crippen molar-refractivity contribution in [2.45, 2.75) is 129 Å². The van der Waals surface area contributed by atoms with Gasteiger partial charge in [-0.05, 0) is 19.3 Å². The molecule has 0 bridgehead atoms. The minimum Gasteiger partial charge on any atom is -0.394 e. The second-order valence-corrected chi connectivity index (χ2v) is 8.06. The van der Waals surface area contributed by atoms with Crippen molar-refractivity contribution >= 4 is 5.91 Å². The number of unbranched alkanes of at least 4 members (excludes halogenated alkanes) is 13. The first-order valence-electron chi connectivity index (χ1n) is 11.9. The van der Waals surface area contributed by atoms with Crippen LogP contribution in [0.15, 0.2) is 12.2 Å². The van der Waals surface area contributed by atoms with Gasteiger partial charge in [0.15, 0.2) is 0 Å². The first-order chi connectivity index (χ1) is 13.7. The quantitative estimate of drug-likeness (QED) is 0.183. The van der Waals surface area contributed by atoms with Gasteiger partial charge in [0.05, 0.1) is 18.8 Å². The highest BCUT2D eigenvalue weighted by Crippen LogP contribution is 2.12. The van der Waals surface area contributed by atoms with Gasteiger partial charge in [0.2, 0.25) is 5.91 Å². The third kappa shape index (κ3) is 17.2. The standard InChI is InChI=1S/C24H47NO3/c1-3-5-7-8-9-10-11-12-13-14-15-16-18-19-23(27)22(21-26)25-24(28)20-17-6-4-2/h18-19,22-23,26-27H,3-17,20-21H2,1-2H3,(H,25,28)/b19-18-/t22-,23+/m0/s1. The van der Waals surface area contributed by atoms with E-state index in [-0.39, 0.29) is 12.5 Å². The lowest BCUT2D eigenvalue weighted by atomic mass is 10.0. The molecular weight excluding hydrogens is 350 g/mol. The Balaban J connectivity index is 3.66. The fraction of sp³-hybridized carbons (Fsp3) is 0.875. The van der Waals surface area contributed by atoms with E-state index in [1.54, 1.807) is 6.08 Å². The van der Waals surface area contributed by atoms with E-state index in [1.165, 1.54) is 64.2 Å². The number of carbonyl (C=O) groups is 1. The summed E-state index contributed by atoms with van der Waals surface area (Å²) in [7, 11) is 0. The van der Waals surface area contributed by atoms with Crippen LogP contribution in [-0.4, -0.2) is 34.9 Å². The summed E-state index contributed by atoms with van der Waals surface area (Å²) in [4.78, 5) is 11.8. The van der Waals surface area contributed by atoms with E-state index in [4.69, 9.17) is 0 Å². The molecular formula is C24H47NO3. The first-order valence-corrected chi connectivity index (χ1v) is 11.9. The monoisotopic (exact) mass is 397 g/mol. The van der Waals surface area contributed by atoms with E-state index in [2.05, 4.69) is 19.2 Å². The van der Waals surface area contributed by atoms with Crippen LogP contribution in [0.5, 0.6) is 0 Å². The highest BCUT2D eigenvalue weighted by molar-refractivity contribution is 5.76. The second-order valence-electron chi connectivity index (χ2n) is 8.06. The molecule has 4 heteroatoms. The van der Waals surface area contributed by atoms with Crippen molar-refractivity contribution < 1.29 is 15.0 Å². The molecule has 0 saturated carbocycles. The lowest BCUT2D eigenvalue weighted by molar-refractivity contribution is -0.123. The third-order valence-electron chi connectivity index (χ3n) is 5.27. The zero-order valence-corrected chi connectivity index (χ0v) is 18.6. The van der Waals surface area contributed by atoms with Crippen LogP contribution < -0.4 is 5.32 Å². The number of allylic oxidation sites excluding steroid dienone is 1. The van der Waals surface area contributed by atoms with E-state index in [0.29, 0.717) is 6.42 Å². The Hall–Kier alpha value is -0.870. The van der Waals surface area contributed by atoms with Crippen LogP contribution in [0, 0.1) is 0 Å². The Morgan fingerprint density at radius 3 is 1.86 bits per heavy atom. The van der Waals surface area contributed by atoms with Crippen molar-refractivity contribution in [1.82, 2.24) is 5.32 Å². The van der Waals surface area contributed by atoms with E-state index < -0.39 is 12.1 Å². The predicted molar refractivity (Wildman–Crippen MR) is 119 cm³/mol. The molecule has 0 aliphatic carbocycles. The Labute approximate surface area is 174 Å². The summed E-state index contributed by atoms with van der Waals surface area (Å²) in [6.45, 7) is 4.11. The molecule has 0 radical (unpaired) electrons. The van der Waals surface area contributed by atoms with Crippen LogP contribution in [-0.2, 0) is 4.79 Å². The average Bonchev–Trinajstić information content (AvgIpc) is 2.69. The molecule has 2 atom stereocenters. The van der Waals surface area contributed by atoms with Gasteiger partial charge in [0.1, 0.15) is 0 Å². The lowest BCUT2D eigenvalue weighted by Crippen LogP contribution is -2.45. The van der Waals surface area contributed by atoms with Crippen molar-refractivity contribution in [3.63, 3.8) is 0 Å². The molecule has 0 fully saturated rings. The number of carbonyl (C=O) groups excluding carboxylic acids is 1. The molecule has 4 nitrogen and oxygen atoms in total. The van der Waals surface area contributed by atoms with E-state index in [1.807, 2.05) is 6.08 Å². The zero-order chi connectivity index (χ0) is 20.9. The molecule has 0 aromatic rings. The average molecular weight is 398 g/mol. The summed E-state index contributed by atoms with van der Waals surface area (Å²) in [5.74, 6) is -0.0923. The summed E-state index contributed by atoms with van der Waals surface area (Å²) in [6, 6.07) is -0.609. The van der Waals surface area contributed by atoms with Gasteiger partial charge in [-0.15, -0.1) is 0 Å². The molecule has 166 valence electrons. The van der Waals surface area contributed by atoms with Crippen LogP contribution in [0.25, 0.3) is 0 Å². The normalized spacial score (nSPS) is 13.7. The number of aliphatic hydroxyl groups is 2. The van der Waals surface area contributed by atoms with Crippen molar-refractivity contribution in [3.05, 3.63) is 12.2 Å². The Morgan fingerprint density at radius 1 is 0.821 bits per heavy atom. The summed E-state index contributed by atoms with van der Waals surface area (Å²) in [5, 5.41) is 22.3. The van der Waals surface area contributed by atoms with Crippen molar-refractivity contribution in [2.75, 3.05) is 6.61 Å². The number of aliphatic hydroxyl groups excluding tert-OH is 2. The van der Waals surface area contributed by atoms with Crippen LogP contribution in [0.2, 0.25) is 0 Å². The number of hydrogen-bond donors (Lipinski definition) is 3. The lowest BCUT2D eigenvalue weighted by Gasteiger charge is -2.19. The van der Waals surface area contributed by atoms with Gasteiger partial charge in [-0.3, -0.25) is 4.79 Å². The topological polar surface area (TPSA) is 69.6 Å². The molecule has 0 unspecified atom stereocenters. The van der Waals surface area contributed by atoms with Gasteiger partial charge in [-0.2, -0.15) is 0 Å². The smallest absolute Gasteiger partial charge is 0.220 e. The maximum absolute atomic E-state index is 11.8. The van der Waals surface area contributed by atoms with Crippen LogP contribution in [0.3, 0.4) is 0 Å². The Kier molecular flexibility index (Phi) is 20.2. The third-order valence-corrected chi connectivity index (χ3v) is 5.27. The van der Waals surface area contributed by atoms with Crippen LogP contribution in [0.4, 0.5) is 0 Å². The molecule has 0 heterocycles. The minimum absolute atomic E-state index is 0.0923. The molecule has 0 spiro atoms. The molecule has 28 heavy (non-hydrogen) atoms. The Morgan fingerprint density at radius 2 is 1.32 bits per heavy atom. The molecule has 0 saturated heterocycles. The summed E-state index contributed by atoms with van der Waals surface area (Å²) in [5.41, 5.74) is 0. The highest BCUT2D eigenvalue weighted by atomic mass is 16.3. The van der Waals surface area contributed by atoms with E-state index in [0.717, 1.165) is 32.1 Å². The van der Waals surface area contributed by atoms with Gasteiger partial charge < -0.3 is 15.5 Å². The van der Waals surface area contributed by atoms with E-state index >= 15 is 0 Å². The molecule has 1 amide bonds. The Bertz CT molecular complexity index is 371. The van der Waals surface area contributed by atoms with Crippen molar-refractivity contribution in [2.24, 2.45) is 0 Å². The summed E-state index contributed by atoms with van der Waals surface area (Å²) >= 11 is 0. The molecule has 0 aliphatic heterocycles. The van der Waals surface area contributed by atoms with Gasteiger partial charge in [0, 0.05) is 6.42 Å². The number of rotatable bonds is 20. The first kappa shape index (κ1) is 27.1. The molecule has 0 aromatic carbocycles. The number of hydrogen-bond acceptors (Lipinski definition) is 3. The highest BCUT2D eigenvalue weighted by Gasteiger charge is 2.17. The maximum Gasteiger partial charge on any atom is 0.220 e. The minimum atomic E-state index is -0.826. The predicted octanol–water partition coefficient (Wildman–Crippen LogP) is 5.66. The number of nitrogens with one attached hydrogen (secondary N) is 1. The second kappa shape index (κ2) is 20.9. The van der Waals surface area contributed by atoms with Crippen LogP contribution >= 0.6 is 0 Å².